The minimum Gasteiger partial charge on any atom is -0.481 e. The van der Waals surface area contributed by atoms with Gasteiger partial charge in [-0.1, -0.05) is 17.7 Å². The smallest absolute Gasteiger partial charge is 0.235 e. The monoisotopic (exact) mass is 509 g/mol. The van der Waals surface area contributed by atoms with E-state index < -0.39 is 0 Å². The van der Waals surface area contributed by atoms with Gasteiger partial charge in [0.15, 0.2) is 11.6 Å². The summed E-state index contributed by atoms with van der Waals surface area (Å²) in [6, 6.07) is 5.26. The van der Waals surface area contributed by atoms with Gasteiger partial charge >= 0.3 is 0 Å². The molecule has 3 rings (SSSR count). The van der Waals surface area contributed by atoms with Crippen LogP contribution in [0.15, 0.2) is 30.6 Å². The van der Waals surface area contributed by atoms with Crippen molar-refractivity contribution in [3.8, 4) is 17.4 Å². The first-order valence-electron chi connectivity index (χ1n) is 10.4. The number of halogens is 1. The van der Waals surface area contributed by atoms with E-state index in [0.717, 1.165) is 0 Å². The molecule has 11 nitrogen and oxygen atoms in total. The van der Waals surface area contributed by atoms with E-state index in [1.54, 1.807) is 46.9 Å². The number of hydrogen-bond acceptors (Lipinski definition) is 11. The summed E-state index contributed by atoms with van der Waals surface area (Å²) in [6.07, 6.45) is 2.72. The number of anilines is 1. The van der Waals surface area contributed by atoms with E-state index in [1.165, 1.54) is 11.9 Å². The molecule has 2 atom stereocenters. The van der Waals surface area contributed by atoms with Gasteiger partial charge in [-0.05, 0) is 24.9 Å². The first-order chi connectivity index (χ1) is 16.5. The van der Waals surface area contributed by atoms with Crippen molar-refractivity contribution in [3.63, 3.8) is 0 Å². The normalized spacial score (nSPS) is 13.1. The zero-order chi connectivity index (χ0) is 24.5. The molecule has 2 unspecified atom stereocenters. The van der Waals surface area contributed by atoms with Gasteiger partial charge in [0.1, 0.15) is 11.8 Å². The Morgan fingerprint density at radius 2 is 1.76 bits per heavy atom. The van der Waals surface area contributed by atoms with Gasteiger partial charge in [0.25, 0.3) is 0 Å². The summed E-state index contributed by atoms with van der Waals surface area (Å²) in [5, 5.41) is 9.15. The quantitative estimate of drug-likeness (QED) is 0.341. The van der Waals surface area contributed by atoms with E-state index >= 15 is 0 Å². The molecule has 0 saturated carbocycles. The third-order valence-corrected chi connectivity index (χ3v) is 5.97. The van der Waals surface area contributed by atoms with Gasteiger partial charge in [-0.2, -0.15) is 0 Å². The average Bonchev–Trinajstić information content (AvgIpc) is 3.28. The Bertz CT molecular complexity index is 1030. The summed E-state index contributed by atoms with van der Waals surface area (Å²) in [7, 11) is 6.45. The van der Waals surface area contributed by atoms with Crippen LogP contribution in [0.4, 0.5) is 5.95 Å². The molecular formula is C21H28ClN7O4S. The summed E-state index contributed by atoms with van der Waals surface area (Å²) in [5.74, 6) is 2.08. The highest BCUT2D eigenvalue weighted by Crippen LogP contribution is 2.31. The van der Waals surface area contributed by atoms with Crippen molar-refractivity contribution in [2.45, 2.75) is 24.3 Å². The van der Waals surface area contributed by atoms with Crippen LogP contribution in [0, 0.1) is 0 Å². The van der Waals surface area contributed by atoms with E-state index in [9.17, 15) is 0 Å². The van der Waals surface area contributed by atoms with Gasteiger partial charge in [-0.25, -0.2) is 15.0 Å². The minimum absolute atomic E-state index is 0.0852. The zero-order valence-electron chi connectivity index (χ0n) is 19.6. The van der Waals surface area contributed by atoms with E-state index in [4.69, 9.17) is 30.5 Å². The third-order valence-electron chi connectivity index (χ3n) is 4.85. The van der Waals surface area contributed by atoms with E-state index in [0.29, 0.717) is 47.4 Å². The lowest BCUT2D eigenvalue weighted by atomic mass is 10.2. The number of rotatable bonds is 13. The average molecular weight is 510 g/mol. The van der Waals surface area contributed by atoms with Crippen LogP contribution in [0.5, 0.6) is 5.88 Å². The van der Waals surface area contributed by atoms with Crippen LogP contribution in [-0.4, -0.2) is 76.6 Å². The molecule has 3 aromatic rings. The van der Waals surface area contributed by atoms with Crippen LogP contribution < -0.4 is 9.46 Å². The predicted molar refractivity (Wildman–Crippen MR) is 130 cm³/mol. The number of hydrogen-bond donors (Lipinski definition) is 1. The molecule has 0 amide bonds. The Labute approximate surface area is 207 Å². The molecule has 3 aromatic heterocycles. The molecule has 0 fully saturated rings. The predicted octanol–water partition coefficient (Wildman–Crippen LogP) is 3.46. The third kappa shape index (κ3) is 6.33. The molecule has 0 aliphatic carbocycles. The second-order valence-electron chi connectivity index (χ2n) is 7.19. The molecule has 0 bridgehead atoms. The maximum absolute atomic E-state index is 5.92. The standard InChI is InChI=1S/C21H28ClN7O4S/c1-13(18(33-5)19-23-9-14(22)10-24-19)34-28-21-27-26-20(16-7-6-8-17(25-16)32-4)29(21)15(11-30-2)12-31-3/h6-10,13,15,18H,11-12H2,1-5H3,(H,27,28). The van der Waals surface area contributed by atoms with Gasteiger partial charge in [0, 0.05) is 39.8 Å². The molecule has 0 saturated heterocycles. The summed E-state index contributed by atoms with van der Waals surface area (Å²) in [4.78, 5) is 13.1. The van der Waals surface area contributed by atoms with Crippen molar-refractivity contribution in [1.29, 1.82) is 0 Å². The largest absolute Gasteiger partial charge is 0.481 e. The first kappa shape index (κ1) is 26.1. The van der Waals surface area contributed by atoms with Gasteiger partial charge < -0.3 is 18.9 Å². The van der Waals surface area contributed by atoms with Crippen molar-refractivity contribution in [2.24, 2.45) is 0 Å². The maximum atomic E-state index is 5.92. The van der Waals surface area contributed by atoms with Crippen molar-refractivity contribution >= 4 is 29.5 Å². The summed E-state index contributed by atoms with van der Waals surface area (Å²) < 4.78 is 27.0. The summed E-state index contributed by atoms with van der Waals surface area (Å²) in [6.45, 7) is 2.77. The Hall–Kier alpha value is -2.51. The van der Waals surface area contributed by atoms with Crippen molar-refractivity contribution < 1.29 is 18.9 Å². The maximum Gasteiger partial charge on any atom is 0.235 e. The molecular weight excluding hydrogens is 482 g/mol. The highest BCUT2D eigenvalue weighted by molar-refractivity contribution is 8.01. The van der Waals surface area contributed by atoms with E-state index in [1.807, 2.05) is 23.6 Å². The molecule has 0 spiro atoms. The molecule has 0 radical (unpaired) electrons. The van der Waals surface area contributed by atoms with Crippen molar-refractivity contribution in [2.75, 3.05) is 46.4 Å². The fourth-order valence-corrected chi connectivity index (χ4v) is 4.18. The number of nitrogens with one attached hydrogen (secondary N) is 1. The second kappa shape index (κ2) is 12.8. The Morgan fingerprint density at radius 1 is 1.06 bits per heavy atom. The molecule has 184 valence electrons. The van der Waals surface area contributed by atoms with E-state index in [-0.39, 0.29) is 17.4 Å². The fraction of sp³-hybridized carbons (Fsp3) is 0.476. The lowest BCUT2D eigenvalue weighted by molar-refractivity contribution is 0.0908. The van der Waals surface area contributed by atoms with Crippen LogP contribution in [0.3, 0.4) is 0 Å². The number of aromatic nitrogens is 6. The zero-order valence-corrected chi connectivity index (χ0v) is 21.2. The fourth-order valence-electron chi connectivity index (χ4n) is 3.30. The van der Waals surface area contributed by atoms with E-state index in [2.05, 4.69) is 29.9 Å². The number of ether oxygens (including phenoxy) is 4. The summed E-state index contributed by atoms with van der Waals surface area (Å²) >= 11 is 7.32. The molecule has 3 heterocycles. The Balaban J connectivity index is 1.89. The van der Waals surface area contributed by atoms with Crippen LogP contribution in [-0.2, 0) is 14.2 Å². The highest BCUT2D eigenvalue weighted by atomic mass is 35.5. The van der Waals surface area contributed by atoms with Crippen LogP contribution >= 0.6 is 23.5 Å². The molecule has 0 aliphatic rings. The summed E-state index contributed by atoms with van der Waals surface area (Å²) in [5.41, 5.74) is 0.611. The Kier molecular flexibility index (Phi) is 9.84. The van der Waals surface area contributed by atoms with Gasteiger partial charge in [-0.3, -0.25) is 9.29 Å². The first-order valence-corrected chi connectivity index (χ1v) is 11.6. The van der Waals surface area contributed by atoms with Crippen molar-refractivity contribution in [3.05, 3.63) is 41.4 Å². The van der Waals surface area contributed by atoms with Crippen LogP contribution in [0.2, 0.25) is 5.02 Å². The Morgan fingerprint density at radius 3 is 2.38 bits per heavy atom. The SMILES string of the molecule is COCC(COC)n1c(NSC(C)C(OC)c2ncc(Cl)cn2)nnc1-c1cccc(OC)n1. The lowest BCUT2D eigenvalue weighted by Gasteiger charge is -2.23. The molecule has 0 aromatic carbocycles. The lowest BCUT2D eigenvalue weighted by Crippen LogP contribution is -2.23. The minimum atomic E-state index is -0.376. The van der Waals surface area contributed by atoms with Crippen LogP contribution in [0.1, 0.15) is 24.9 Å². The molecule has 13 heteroatoms. The number of methoxy groups -OCH3 is 4. The van der Waals surface area contributed by atoms with Crippen molar-refractivity contribution in [1.82, 2.24) is 29.7 Å². The van der Waals surface area contributed by atoms with Gasteiger partial charge in [0.2, 0.25) is 11.8 Å². The van der Waals surface area contributed by atoms with Crippen LogP contribution in [0.25, 0.3) is 11.5 Å². The van der Waals surface area contributed by atoms with Gasteiger partial charge in [-0.15, -0.1) is 10.2 Å². The molecule has 0 aliphatic heterocycles. The molecule has 1 N–H and O–H groups in total. The number of pyridine rings is 1. The topological polar surface area (TPSA) is 118 Å². The highest BCUT2D eigenvalue weighted by Gasteiger charge is 2.26. The number of nitrogens with zero attached hydrogens (tertiary/aromatic N) is 6. The molecule has 34 heavy (non-hydrogen) atoms. The van der Waals surface area contributed by atoms with Gasteiger partial charge in [0.05, 0.1) is 36.6 Å². The second-order valence-corrected chi connectivity index (χ2v) is 8.81.